The van der Waals surface area contributed by atoms with Crippen LogP contribution in [0.4, 0.5) is 5.69 Å². The van der Waals surface area contributed by atoms with E-state index in [1.807, 2.05) is 0 Å². The van der Waals surface area contributed by atoms with Gasteiger partial charge in [-0.15, -0.1) is 0 Å². The topological polar surface area (TPSA) is 106 Å². The van der Waals surface area contributed by atoms with Crippen molar-refractivity contribution in [1.82, 2.24) is 4.31 Å². The molecule has 0 fully saturated rings. The molecule has 1 amide bonds. The predicted molar refractivity (Wildman–Crippen MR) is 107 cm³/mol. The van der Waals surface area contributed by atoms with Crippen molar-refractivity contribution in [1.29, 1.82) is 0 Å². The van der Waals surface area contributed by atoms with E-state index < -0.39 is 28.5 Å². The minimum Gasteiger partial charge on any atom is -0.452 e. The van der Waals surface area contributed by atoms with Crippen molar-refractivity contribution in [2.45, 2.75) is 4.90 Å². The SMILES string of the molecule is CN(C)S(=O)(=O)c1ccc(Cl)c(NC(=O)COC(=O)/C=C/c2ccc(Br)o2)c1. The van der Waals surface area contributed by atoms with Crippen molar-refractivity contribution < 1.29 is 27.2 Å². The van der Waals surface area contributed by atoms with E-state index in [1.165, 1.54) is 38.4 Å². The number of rotatable bonds is 7. The Morgan fingerprint density at radius 3 is 2.61 bits per heavy atom. The van der Waals surface area contributed by atoms with Gasteiger partial charge in [0.1, 0.15) is 5.76 Å². The number of carbonyl (C=O) groups is 2. The molecule has 0 saturated heterocycles. The molecule has 0 atom stereocenters. The molecule has 1 heterocycles. The Labute approximate surface area is 175 Å². The number of halogens is 2. The normalized spacial score (nSPS) is 11.8. The molecule has 150 valence electrons. The largest absolute Gasteiger partial charge is 0.452 e. The third-order valence-electron chi connectivity index (χ3n) is 3.31. The number of furan rings is 1. The van der Waals surface area contributed by atoms with Gasteiger partial charge in [-0.05, 0) is 52.3 Å². The van der Waals surface area contributed by atoms with E-state index in [2.05, 4.69) is 21.2 Å². The number of anilines is 1. The lowest BCUT2D eigenvalue weighted by Crippen LogP contribution is -2.23. The molecule has 0 aliphatic rings. The van der Waals surface area contributed by atoms with Gasteiger partial charge in [0.15, 0.2) is 11.3 Å². The summed E-state index contributed by atoms with van der Waals surface area (Å²) in [7, 11) is -0.922. The summed E-state index contributed by atoms with van der Waals surface area (Å²) in [6.07, 6.45) is 2.49. The van der Waals surface area contributed by atoms with Crippen LogP contribution in [0.25, 0.3) is 6.08 Å². The van der Waals surface area contributed by atoms with E-state index in [4.69, 9.17) is 20.8 Å². The standard InChI is InChI=1S/C17H16BrClN2O6S/c1-21(2)28(24,25)12-5-6-13(19)14(9-12)20-16(22)10-26-17(23)8-4-11-3-7-15(18)27-11/h3-9H,10H2,1-2H3,(H,20,22)/b8-4+. The fraction of sp³-hybridized carbons (Fsp3) is 0.176. The van der Waals surface area contributed by atoms with Gasteiger partial charge in [-0.1, -0.05) is 11.6 Å². The van der Waals surface area contributed by atoms with Gasteiger partial charge in [-0.25, -0.2) is 17.5 Å². The molecule has 0 bridgehead atoms. The lowest BCUT2D eigenvalue weighted by molar-refractivity contribution is -0.142. The second-order valence-electron chi connectivity index (χ2n) is 5.56. The maximum Gasteiger partial charge on any atom is 0.331 e. The number of hydrogen-bond acceptors (Lipinski definition) is 6. The van der Waals surface area contributed by atoms with Gasteiger partial charge in [0.05, 0.1) is 15.6 Å². The van der Waals surface area contributed by atoms with Gasteiger partial charge in [0.25, 0.3) is 5.91 Å². The highest BCUT2D eigenvalue weighted by Gasteiger charge is 2.19. The zero-order valence-corrected chi connectivity index (χ0v) is 18.0. The molecule has 1 aromatic carbocycles. The summed E-state index contributed by atoms with van der Waals surface area (Å²) in [4.78, 5) is 23.6. The highest BCUT2D eigenvalue weighted by atomic mass is 79.9. The first-order valence-corrected chi connectivity index (χ1v) is 10.3. The van der Waals surface area contributed by atoms with E-state index in [9.17, 15) is 18.0 Å². The van der Waals surface area contributed by atoms with Crippen LogP contribution in [0.1, 0.15) is 5.76 Å². The summed E-state index contributed by atoms with van der Waals surface area (Å²) in [5.41, 5.74) is 0.0848. The molecular weight excluding hydrogens is 476 g/mol. The first-order chi connectivity index (χ1) is 13.1. The number of esters is 1. The lowest BCUT2D eigenvalue weighted by atomic mass is 10.3. The molecule has 8 nitrogen and oxygen atoms in total. The van der Waals surface area contributed by atoms with Crippen LogP contribution in [0.3, 0.4) is 0 Å². The summed E-state index contributed by atoms with van der Waals surface area (Å²) >= 11 is 9.13. The second-order valence-corrected chi connectivity index (χ2v) is 8.90. The van der Waals surface area contributed by atoms with Crippen LogP contribution in [0.2, 0.25) is 5.02 Å². The summed E-state index contributed by atoms with van der Waals surface area (Å²) in [5, 5.41) is 2.55. The van der Waals surface area contributed by atoms with Crippen molar-refractivity contribution in [2.75, 3.05) is 26.0 Å². The Kier molecular flexibility index (Phi) is 7.41. The minimum absolute atomic E-state index is 0.0401. The number of amides is 1. The second kappa shape index (κ2) is 9.37. The van der Waals surface area contributed by atoms with Crippen LogP contribution in [0, 0.1) is 0 Å². The summed E-state index contributed by atoms with van der Waals surface area (Å²) in [6.45, 7) is -0.577. The summed E-state index contributed by atoms with van der Waals surface area (Å²) < 4.78 is 35.9. The van der Waals surface area contributed by atoms with Gasteiger partial charge in [0.2, 0.25) is 10.0 Å². The number of carbonyl (C=O) groups excluding carboxylic acids is 2. The zero-order chi connectivity index (χ0) is 20.9. The van der Waals surface area contributed by atoms with Crippen molar-refractivity contribution in [2.24, 2.45) is 0 Å². The van der Waals surface area contributed by atoms with Gasteiger partial charge in [-0.3, -0.25) is 4.79 Å². The highest BCUT2D eigenvalue weighted by Crippen LogP contribution is 2.26. The molecule has 0 radical (unpaired) electrons. The highest BCUT2D eigenvalue weighted by molar-refractivity contribution is 9.10. The number of nitrogens with zero attached hydrogens (tertiary/aromatic N) is 1. The number of ether oxygens (including phenoxy) is 1. The number of hydrogen-bond donors (Lipinski definition) is 1. The lowest BCUT2D eigenvalue weighted by Gasteiger charge is -2.13. The molecular formula is C17H16BrClN2O6S. The number of nitrogens with one attached hydrogen (secondary N) is 1. The Morgan fingerprint density at radius 1 is 1.29 bits per heavy atom. The third-order valence-corrected chi connectivity index (χ3v) is 5.88. The first-order valence-electron chi connectivity index (χ1n) is 7.71. The predicted octanol–water partition coefficient (Wildman–Crippen LogP) is 3.14. The van der Waals surface area contributed by atoms with Gasteiger partial charge in [-0.2, -0.15) is 0 Å². The minimum atomic E-state index is -3.69. The molecule has 0 aliphatic heterocycles. The third kappa shape index (κ3) is 5.93. The maximum absolute atomic E-state index is 12.2. The average molecular weight is 492 g/mol. The quantitative estimate of drug-likeness (QED) is 0.471. The summed E-state index contributed by atoms with van der Waals surface area (Å²) in [5.74, 6) is -1.000. The molecule has 2 aromatic rings. The Bertz CT molecular complexity index is 1020. The zero-order valence-electron chi connectivity index (χ0n) is 14.8. The fourth-order valence-corrected chi connectivity index (χ4v) is 3.32. The van der Waals surface area contributed by atoms with Crippen LogP contribution < -0.4 is 5.32 Å². The van der Waals surface area contributed by atoms with Crippen molar-refractivity contribution >= 4 is 61.2 Å². The van der Waals surface area contributed by atoms with Crippen LogP contribution >= 0.6 is 27.5 Å². The van der Waals surface area contributed by atoms with Crippen molar-refractivity contribution in [3.05, 3.63) is 51.9 Å². The molecule has 0 saturated carbocycles. The first kappa shape index (κ1) is 22.2. The van der Waals surface area contributed by atoms with E-state index in [-0.39, 0.29) is 15.6 Å². The molecule has 1 N–H and O–H groups in total. The van der Waals surface area contributed by atoms with E-state index in [0.717, 1.165) is 10.4 Å². The van der Waals surface area contributed by atoms with Gasteiger partial charge >= 0.3 is 5.97 Å². The van der Waals surface area contributed by atoms with E-state index in [0.29, 0.717) is 10.4 Å². The maximum atomic E-state index is 12.2. The molecule has 2 rings (SSSR count). The van der Waals surface area contributed by atoms with Crippen LogP contribution in [-0.2, 0) is 24.3 Å². The number of sulfonamides is 1. The van der Waals surface area contributed by atoms with Crippen LogP contribution in [0.5, 0.6) is 0 Å². The molecule has 0 spiro atoms. The van der Waals surface area contributed by atoms with E-state index in [1.54, 1.807) is 12.1 Å². The molecule has 0 unspecified atom stereocenters. The average Bonchev–Trinajstić information content (AvgIpc) is 3.05. The Morgan fingerprint density at radius 2 is 2.00 bits per heavy atom. The molecule has 28 heavy (non-hydrogen) atoms. The van der Waals surface area contributed by atoms with E-state index >= 15 is 0 Å². The monoisotopic (exact) mass is 490 g/mol. The van der Waals surface area contributed by atoms with Crippen LogP contribution in [0.15, 0.2) is 50.4 Å². The van der Waals surface area contributed by atoms with Crippen molar-refractivity contribution in [3.8, 4) is 0 Å². The Balaban J connectivity index is 1.97. The smallest absolute Gasteiger partial charge is 0.331 e. The molecule has 1 aromatic heterocycles. The Hall–Kier alpha value is -2.14. The van der Waals surface area contributed by atoms with Crippen molar-refractivity contribution in [3.63, 3.8) is 0 Å². The van der Waals surface area contributed by atoms with Gasteiger partial charge < -0.3 is 14.5 Å². The number of benzene rings is 1. The fourth-order valence-electron chi connectivity index (χ4n) is 1.91. The molecule has 11 heteroatoms. The van der Waals surface area contributed by atoms with Crippen LogP contribution in [-0.4, -0.2) is 45.3 Å². The summed E-state index contributed by atoms with van der Waals surface area (Å²) in [6, 6.07) is 7.20. The van der Waals surface area contributed by atoms with Gasteiger partial charge in [0, 0.05) is 20.2 Å². The molecule has 0 aliphatic carbocycles.